The Balaban J connectivity index is 1.82. The summed E-state index contributed by atoms with van der Waals surface area (Å²) in [4.78, 5) is 33.4. The van der Waals surface area contributed by atoms with Gasteiger partial charge in [0.15, 0.2) is 5.65 Å². The monoisotopic (exact) mass is 465 g/mol. The summed E-state index contributed by atoms with van der Waals surface area (Å²) in [7, 11) is 0. The maximum Gasteiger partial charge on any atom is 0.256 e. The van der Waals surface area contributed by atoms with Gasteiger partial charge in [0.05, 0.1) is 28.7 Å². The van der Waals surface area contributed by atoms with Crippen molar-refractivity contribution in [1.82, 2.24) is 25.0 Å². The molecule has 2 aromatic heterocycles. The van der Waals surface area contributed by atoms with Crippen molar-refractivity contribution < 1.29 is 9.59 Å². The molecule has 3 heterocycles. The summed E-state index contributed by atoms with van der Waals surface area (Å²) in [5.74, 6) is 0.767. The lowest BCUT2D eigenvalue weighted by molar-refractivity contribution is -0.125. The van der Waals surface area contributed by atoms with Crippen LogP contribution in [0.1, 0.15) is 56.6 Å². The largest absolute Gasteiger partial charge is 0.350 e. The van der Waals surface area contributed by atoms with Crippen LogP contribution >= 0.6 is 11.8 Å². The molecule has 1 aliphatic rings. The molecule has 0 spiro atoms. The van der Waals surface area contributed by atoms with E-state index in [0.717, 1.165) is 16.8 Å². The Morgan fingerprint density at radius 3 is 2.61 bits per heavy atom. The second-order valence-electron chi connectivity index (χ2n) is 9.82. The molecule has 0 aliphatic carbocycles. The molecule has 1 aromatic carbocycles. The predicted octanol–water partition coefficient (Wildman–Crippen LogP) is 4.42. The van der Waals surface area contributed by atoms with Crippen LogP contribution in [0.5, 0.6) is 0 Å². The molecule has 2 amide bonds. The predicted molar refractivity (Wildman–Crippen MR) is 133 cm³/mol. The van der Waals surface area contributed by atoms with Crippen molar-refractivity contribution in [1.29, 1.82) is 0 Å². The molecule has 1 N–H and O–H groups in total. The molecule has 1 fully saturated rings. The highest BCUT2D eigenvalue weighted by Gasteiger charge is 2.37. The minimum Gasteiger partial charge on any atom is -0.350 e. The third-order valence-electron chi connectivity index (χ3n) is 5.65. The Bertz CT molecular complexity index is 1210. The topological polar surface area (TPSA) is 80.1 Å². The highest BCUT2D eigenvalue weighted by Crippen LogP contribution is 2.31. The number of amides is 2. The molecule has 1 atom stereocenters. The summed E-state index contributed by atoms with van der Waals surface area (Å²) in [6, 6.07) is 9.44. The summed E-state index contributed by atoms with van der Waals surface area (Å²) in [5, 5.41) is 8.25. The van der Waals surface area contributed by atoms with Gasteiger partial charge < -0.3 is 10.2 Å². The van der Waals surface area contributed by atoms with Gasteiger partial charge in [-0.2, -0.15) is 5.10 Å². The van der Waals surface area contributed by atoms with Crippen molar-refractivity contribution in [3.05, 3.63) is 47.7 Å². The van der Waals surface area contributed by atoms with Gasteiger partial charge in [0.2, 0.25) is 5.91 Å². The molecule has 8 heteroatoms. The molecule has 0 bridgehead atoms. The van der Waals surface area contributed by atoms with Crippen molar-refractivity contribution in [3.8, 4) is 11.3 Å². The van der Waals surface area contributed by atoms with E-state index >= 15 is 0 Å². The van der Waals surface area contributed by atoms with Gasteiger partial charge in [-0.25, -0.2) is 9.67 Å². The van der Waals surface area contributed by atoms with E-state index in [4.69, 9.17) is 4.98 Å². The van der Waals surface area contributed by atoms with Gasteiger partial charge in [0.1, 0.15) is 6.04 Å². The molecule has 1 saturated heterocycles. The molecule has 3 aromatic rings. The number of thioether (sulfide) groups is 1. The minimum absolute atomic E-state index is 0.0951. The number of nitrogens with one attached hydrogen (secondary N) is 1. The van der Waals surface area contributed by atoms with E-state index in [9.17, 15) is 9.59 Å². The fourth-order valence-corrected chi connectivity index (χ4v) is 5.19. The number of nitrogens with zero attached hydrogens (tertiary/aromatic N) is 4. The van der Waals surface area contributed by atoms with E-state index < -0.39 is 6.04 Å². The van der Waals surface area contributed by atoms with Crippen molar-refractivity contribution in [2.24, 2.45) is 0 Å². The van der Waals surface area contributed by atoms with E-state index in [1.807, 2.05) is 76.6 Å². The van der Waals surface area contributed by atoms with Crippen molar-refractivity contribution in [2.75, 3.05) is 11.6 Å². The van der Waals surface area contributed by atoms with Crippen LogP contribution in [0.2, 0.25) is 0 Å². The van der Waals surface area contributed by atoms with Crippen LogP contribution in [0.4, 0.5) is 0 Å². The number of aromatic nitrogens is 3. The molecule has 4 rings (SSSR count). The summed E-state index contributed by atoms with van der Waals surface area (Å²) in [5.41, 5.74) is 3.63. The second-order valence-corrected chi connectivity index (χ2v) is 10.8. The van der Waals surface area contributed by atoms with Gasteiger partial charge in [-0.15, -0.1) is 11.8 Å². The third-order valence-corrected chi connectivity index (χ3v) is 6.66. The van der Waals surface area contributed by atoms with E-state index in [1.165, 1.54) is 0 Å². The molecule has 0 radical (unpaired) electrons. The quantitative estimate of drug-likeness (QED) is 0.617. The number of hydrogen-bond donors (Lipinski definition) is 1. The molecular formula is C25H31N5O2S. The van der Waals surface area contributed by atoms with Crippen LogP contribution in [-0.4, -0.2) is 54.7 Å². The summed E-state index contributed by atoms with van der Waals surface area (Å²) in [6.07, 6.45) is 1.71. The van der Waals surface area contributed by atoms with Gasteiger partial charge in [-0.05, 0) is 53.2 Å². The van der Waals surface area contributed by atoms with Crippen molar-refractivity contribution in [3.63, 3.8) is 0 Å². The van der Waals surface area contributed by atoms with Crippen molar-refractivity contribution >= 4 is 34.6 Å². The molecule has 0 saturated carbocycles. The van der Waals surface area contributed by atoms with Crippen LogP contribution in [-0.2, 0) is 4.79 Å². The Morgan fingerprint density at radius 2 is 1.94 bits per heavy atom. The maximum absolute atomic E-state index is 13.9. The fourth-order valence-electron chi connectivity index (χ4n) is 4.04. The van der Waals surface area contributed by atoms with Gasteiger partial charge in [0.25, 0.3) is 5.91 Å². The maximum atomic E-state index is 13.9. The average Bonchev–Trinajstić information content (AvgIpc) is 3.39. The van der Waals surface area contributed by atoms with Gasteiger partial charge in [0, 0.05) is 22.9 Å². The number of pyridine rings is 1. The van der Waals surface area contributed by atoms with Gasteiger partial charge in [-0.1, -0.05) is 24.3 Å². The van der Waals surface area contributed by atoms with Crippen LogP contribution < -0.4 is 5.32 Å². The highest BCUT2D eigenvalue weighted by atomic mass is 32.2. The average molecular weight is 466 g/mol. The zero-order valence-corrected chi connectivity index (χ0v) is 20.9. The first kappa shape index (κ1) is 23.3. The highest BCUT2D eigenvalue weighted by molar-refractivity contribution is 7.99. The smallest absolute Gasteiger partial charge is 0.256 e. The number of rotatable bonds is 4. The molecule has 33 heavy (non-hydrogen) atoms. The standard InChI is InChI=1S/C25H31N5O2S/c1-15(2)30-22-19(12-26-30)18(11-20(27-22)17-10-8-7-9-16(17)3)24(32)29-14-33-13-21(29)23(31)28-25(4,5)6/h7-12,15,21H,13-14H2,1-6H3,(H,28,31). The lowest BCUT2D eigenvalue weighted by Gasteiger charge is -2.28. The SMILES string of the molecule is Cc1ccccc1-c1cc(C(=O)N2CSCC2C(=O)NC(C)(C)C)c2cnn(C(C)C)c2n1. The number of hydrogen-bond acceptors (Lipinski definition) is 5. The summed E-state index contributed by atoms with van der Waals surface area (Å²) in [6.45, 7) is 12.0. The number of carbonyl (C=O) groups is 2. The zero-order chi connectivity index (χ0) is 23.9. The summed E-state index contributed by atoms with van der Waals surface area (Å²) < 4.78 is 1.84. The van der Waals surface area contributed by atoms with E-state index in [1.54, 1.807) is 22.9 Å². The Hall–Kier alpha value is -2.87. The van der Waals surface area contributed by atoms with Crippen LogP contribution in [0.3, 0.4) is 0 Å². The molecule has 7 nitrogen and oxygen atoms in total. The number of benzene rings is 1. The number of carbonyl (C=O) groups excluding carboxylic acids is 2. The van der Waals surface area contributed by atoms with Crippen LogP contribution in [0.25, 0.3) is 22.3 Å². The van der Waals surface area contributed by atoms with E-state index in [0.29, 0.717) is 28.2 Å². The summed E-state index contributed by atoms with van der Waals surface area (Å²) >= 11 is 1.59. The lowest BCUT2D eigenvalue weighted by Crippen LogP contribution is -2.52. The van der Waals surface area contributed by atoms with Gasteiger partial charge in [-0.3, -0.25) is 9.59 Å². The molecule has 1 aliphatic heterocycles. The molecular weight excluding hydrogens is 434 g/mol. The Labute approximate surface area is 198 Å². The fraction of sp³-hybridized carbons (Fsp3) is 0.440. The molecule has 174 valence electrons. The second kappa shape index (κ2) is 8.82. The van der Waals surface area contributed by atoms with Crippen LogP contribution in [0, 0.1) is 6.92 Å². The van der Waals surface area contributed by atoms with E-state index in [2.05, 4.69) is 10.4 Å². The number of aryl methyl sites for hydroxylation is 1. The third kappa shape index (κ3) is 4.62. The van der Waals surface area contributed by atoms with Gasteiger partial charge >= 0.3 is 0 Å². The normalized spacial score (nSPS) is 16.6. The number of fused-ring (bicyclic) bond motifs is 1. The zero-order valence-electron chi connectivity index (χ0n) is 20.0. The Kier molecular flexibility index (Phi) is 6.22. The first-order valence-electron chi connectivity index (χ1n) is 11.2. The molecule has 1 unspecified atom stereocenters. The van der Waals surface area contributed by atoms with E-state index in [-0.39, 0.29) is 23.4 Å². The first-order valence-corrected chi connectivity index (χ1v) is 12.4. The minimum atomic E-state index is -0.507. The van der Waals surface area contributed by atoms with Crippen molar-refractivity contribution in [2.45, 2.75) is 59.2 Å². The lowest BCUT2D eigenvalue weighted by atomic mass is 10.0. The first-order chi connectivity index (χ1) is 15.6. The van der Waals surface area contributed by atoms with Crippen LogP contribution in [0.15, 0.2) is 36.5 Å². The Morgan fingerprint density at radius 1 is 1.21 bits per heavy atom.